The molecule has 0 spiro atoms. The average Bonchev–Trinajstić information content (AvgIpc) is 3.01. The lowest BCUT2D eigenvalue weighted by Crippen LogP contribution is -2.36. The molecule has 1 atom stereocenters. The molecule has 0 amide bonds. The molecule has 1 heterocycles. The molecule has 170 valence electrons. The van der Waals surface area contributed by atoms with Crippen LogP contribution < -0.4 is 9.47 Å². The number of Topliss-reactive ketones (excluding diaryl/α,β-unsaturated/α-hetero) is 1. The molecule has 0 radical (unpaired) electrons. The summed E-state index contributed by atoms with van der Waals surface area (Å²) < 4.78 is 39.6. The molecular formula is C22H28F2N2O5. The van der Waals surface area contributed by atoms with Crippen LogP contribution >= 0.6 is 0 Å². The molecule has 31 heavy (non-hydrogen) atoms. The van der Waals surface area contributed by atoms with Crippen molar-refractivity contribution in [3.63, 3.8) is 0 Å². The van der Waals surface area contributed by atoms with Gasteiger partial charge in [-0.3, -0.25) is 9.69 Å². The Kier molecular flexibility index (Phi) is 8.15. The molecule has 9 heteroatoms. The average molecular weight is 438 g/mol. The largest absolute Gasteiger partial charge is 0.493 e. The molecule has 2 aromatic rings. The number of rotatable bonds is 10. The van der Waals surface area contributed by atoms with Crippen molar-refractivity contribution in [2.45, 2.75) is 46.9 Å². The van der Waals surface area contributed by atoms with Gasteiger partial charge in [0.15, 0.2) is 17.3 Å². The zero-order valence-electron chi connectivity index (χ0n) is 18.5. The Morgan fingerprint density at radius 2 is 1.87 bits per heavy atom. The minimum atomic E-state index is -2.95. The summed E-state index contributed by atoms with van der Waals surface area (Å²) in [7, 11) is 3.14. The number of nitrogens with zero attached hydrogens (tertiary/aromatic N) is 1. The molecule has 0 saturated carbocycles. The van der Waals surface area contributed by atoms with Crippen molar-refractivity contribution in [3.05, 3.63) is 46.3 Å². The Morgan fingerprint density at radius 3 is 2.45 bits per heavy atom. The summed E-state index contributed by atoms with van der Waals surface area (Å²) in [6.07, 6.45) is 0. The lowest BCUT2D eigenvalue weighted by atomic mass is 10.0. The van der Waals surface area contributed by atoms with Crippen molar-refractivity contribution >= 4 is 11.8 Å². The number of nitrogens with one attached hydrogen (secondary N) is 1. The number of ether oxygens (including phenoxy) is 3. The first kappa shape index (κ1) is 24.3. The summed E-state index contributed by atoms with van der Waals surface area (Å²) in [5.74, 6) is -0.521. The summed E-state index contributed by atoms with van der Waals surface area (Å²) >= 11 is 0. The van der Waals surface area contributed by atoms with E-state index in [1.54, 1.807) is 46.9 Å². The highest BCUT2D eigenvalue weighted by Crippen LogP contribution is 2.30. The van der Waals surface area contributed by atoms with Gasteiger partial charge >= 0.3 is 12.6 Å². The molecule has 0 aliphatic heterocycles. The van der Waals surface area contributed by atoms with Gasteiger partial charge in [-0.1, -0.05) is 6.07 Å². The van der Waals surface area contributed by atoms with Crippen LogP contribution in [0.25, 0.3) is 0 Å². The molecule has 0 aliphatic rings. The number of ketones is 1. The van der Waals surface area contributed by atoms with Gasteiger partial charge in [-0.25, -0.2) is 4.79 Å². The third kappa shape index (κ3) is 5.61. The fourth-order valence-electron chi connectivity index (χ4n) is 3.34. The van der Waals surface area contributed by atoms with Crippen LogP contribution in [0.3, 0.4) is 0 Å². The van der Waals surface area contributed by atoms with Crippen LogP contribution in [0.4, 0.5) is 8.78 Å². The van der Waals surface area contributed by atoms with Gasteiger partial charge in [0, 0.05) is 12.2 Å². The summed E-state index contributed by atoms with van der Waals surface area (Å²) in [5.41, 5.74) is 2.62. The second-order valence-corrected chi connectivity index (χ2v) is 7.16. The van der Waals surface area contributed by atoms with Crippen LogP contribution in [0.1, 0.15) is 51.5 Å². The zero-order valence-corrected chi connectivity index (χ0v) is 18.5. The first-order valence-electron chi connectivity index (χ1n) is 9.83. The predicted octanol–water partition coefficient (Wildman–Crippen LogP) is 4.12. The quantitative estimate of drug-likeness (QED) is 0.444. The first-order valence-corrected chi connectivity index (χ1v) is 9.83. The van der Waals surface area contributed by atoms with Gasteiger partial charge in [-0.05, 0) is 58.0 Å². The van der Waals surface area contributed by atoms with Crippen LogP contribution in [0.15, 0.2) is 18.2 Å². The number of benzene rings is 1. The Labute approximate surface area is 180 Å². The number of carbonyl (C=O) groups excluding carboxylic acids is 2. The SMILES string of the molecule is CCOC(=O)c1c(C)[nH]c(C(=O)[C@@H](C)N(C)Cc2ccc(OC(F)F)c(OC)c2)c1C. The molecule has 1 aromatic carbocycles. The van der Waals surface area contributed by atoms with Crippen LogP contribution in [0, 0.1) is 13.8 Å². The Hall–Kier alpha value is -2.94. The van der Waals surface area contributed by atoms with E-state index in [0.717, 1.165) is 5.56 Å². The highest BCUT2D eigenvalue weighted by molar-refractivity contribution is 6.03. The van der Waals surface area contributed by atoms with Crippen molar-refractivity contribution in [2.75, 3.05) is 20.8 Å². The molecule has 7 nitrogen and oxygen atoms in total. The second-order valence-electron chi connectivity index (χ2n) is 7.16. The van der Waals surface area contributed by atoms with E-state index in [4.69, 9.17) is 9.47 Å². The standard InChI is InChI=1S/C22H28F2N2O5/c1-7-30-21(28)18-12(2)19(25-13(18)3)20(27)14(4)26(5)11-15-8-9-16(31-22(23)24)17(10-15)29-6/h8-10,14,22,25H,7,11H2,1-6H3/t14-/m1/s1. The van der Waals surface area contributed by atoms with Crippen molar-refractivity contribution in [1.29, 1.82) is 0 Å². The lowest BCUT2D eigenvalue weighted by Gasteiger charge is -2.24. The smallest absolute Gasteiger partial charge is 0.387 e. The number of aryl methyl sites for hydroxylation is 1. The number of aromatic nitrogens is 1. The molecule has 0 saturated heterocycles. The van der Waals surface area contributed by atoms with E-state index in [2.05, 4.69) is 9.72 Å². The fourth-order valence-corrected chi connectivity index (χ4v) is 3.34. The summed E-state index contributed by atoms with van der Waals surface area (Å²) in [6.45, 7) is 4.57. The number of H-pyrrole nitrogens is 1. The van der Waals surface area contributed by atoms with E-state index in [1.807, 2.05) is 4.90 Å². The summed E-state index contributed by atoms with van der Waals surface area (Å²) in [6, 6.07) is 4.12. The molecule has 0 fully saturated rings. The zero-order chi connectivity index (χ0) is 23.3. The van der Waals surface area contributed by atoms with Gasteiger partial charge in [0.25, 0.3) is 0 Å². The molecule has 1 aromatic heterocycles. The minimum absolute atomic E-state index is 0.0583. The van der Waals surface area contributed by atoms with Crippen molar-refractivity contribution in [3.8, 4) is 11.5 Å². The summed E-state index contributed by atoms with van der Waals surface area (Å²) in [4.78, 5) is 30.1. The number of hydrogen-bond acceptors (Lipinski definition) is 6. The topological polar surface area (TPSA) is 80.9 Å². The van der Waals surface area contributed by atoms with Crippen LogP contribution in [0.2, 0.25) is 0 Å². The Bertz CT molecular complexity index is 942. The highest BCUT2D eigenvalue weighted by Gasteiger charge is 2.27. The number of alkyl halides is 2. The number of hydrogen-bond donors (Lipinski definition) is 1. The number of halogens is 2. The monoisotopic (exact) mass is 438 g/mol. The van der Waals surface area contributed by atoms with Gasteiger partial charge in [-0.15, -0.1) is 0 Å². The highest BCUT2D eigenvalue weighted by atomic mass is 19.3. The van der Waals surface area contributed by atoms with E-state index in [1.165, 1.54) is 13.2 Å². The van der Waals surface area contributed by atoms with Crippen molar-refractivity contribution in [1.82, 2.24) is 9.88 Å². The van der Waals surface area contributed by atoms with Crippen LogP contribution in [0.5, 0.6) is 11.5 Å². The molecule has 0 bridgehead atoms. The third-order valence-electron chi connectivity index (χ3n) is 5.08. The van der Waals surface area contributed by atoms with Crippen LogP contribution in [-0.2, 0) is 11.3 Å². The molecule has 0 unspecified atom stereocenters. The number of likely N-dealkylation sites (N-methyl/N-ethyl adjacent to an activating group) is 1. The van der Waals surface area contributed by atoms with Gasteiger partial charge in [0.05, 0.1) is 31.0 Å². The van der Waals surface area contributed by atoms with Gasteiger partial charge in [0.1, 0.15) is 0 Å². The fraction of sp³-hybridized carbons (Fsp3) is 0.455. The van der Waals surface area contributed by atoms with Crippen molar-refractivity contribution in [2.24, 2.45) is 0 Å². The molecular weight excluding hydrogens is 410 g/mol. The normalized spacial score (nSPS) is 12.2. The molecule has 2 rings (SSSR count). The maximum Gasteiger partial charge on any atom is 0.387 e. The van der Waals surface area contributed by atoms with Gasteiger partial charge < -0.3 is 19.2 Å². The summed E-state index contributed by atoms with van der Waals surface area (Å²) in [5, 5.41) is 0. The van der Waals surface area contributed by atoms with Crippen molar-refractivity contribution < 1.29 is 32.6 Å². The van der Waals surface area contributed by atoms with E-state index < -0.39 is 18.6 Å². The van der Waals surface area contributed by atoms with E-state index in [0.29, 0.717) is 29.1 Å². The van der Waals surface area contributed by atoms with Gasteiger partial charge in [0.2, 0.25) is 0 Å². The number of carbonyl (C=O) groups is 2. The maximum atomic E-state index is 13.1. The number of methoxy groups -OCH3 is 1. The molecule has 0 aliphatic carbocycles. The first-order chi connectivity index (χ1) is 14.6. The van der Waals surface area contributed by atoms with Crippen LogP contribution in [-0.4, -0.2) is 55.1 Å². The Balaban J connectivity index is 2.18. The maximum absolute atomic E-state index is 13.1. The van der Waals surface area contributed by atoms with E-state index in [-0.39, 0.29) is 23.9 Å². The molecule has 1 N–H and O–H groups in total. The lowest BCUT2D eigenvalue weighted by molar-refractivity contribution is -0.0512. The predicted molar refractivity (Wildman–Crippen MR) is 111 cm³/mol. The number of aromatic amines is 1. The van der Waals surface area contributed by atoms with Gasteiger partial charge in [-0.2, -0.15) is 8.78 Å². The van der Waals surface area contributed by atoms with E-state index >= 15 is 0 Å². The second kappa shape index (κ2) is 10.4. The number of esters is 1. The van der Waals surface area contributed by atoms with E-state index in [9.17, 15) is 18.4 Å². The third-order valence-corrected chi connectivity index (χ3v) is 5.08. The minimum Gasteiger partial charge on any atom is -0.493 e. The Morgan fingerprint density at radius 1 is 1.19 bits per heavy atom.